The number of rotatable bonds is 4. The molecule has 4 heteroatoms. The van der Waals surface area contributed by atoms with Crippen molar-refractivity contribution in [2.75, 3.05) is 26.7 Å². The highest BCUT2D eigenvalue weighted by Gasteiger charge is 2.45. The van der Waals surface area contributed by atoms with Crippen molar-refractivity contribution < 1.29 is 9.90 Å². The van der Waals surface area contributed by atoms with E-state index in [1.807, 2.05) is 6.92 Å². The summed E-state index contributed by atoms with van der Waals surface area (Å²) in [5.41, 5.74) is -0.280. The van der Waals surface area contributed by atoms with Gasteiger partial charge in [-0.05, 0) is 25.8 Å². The van der Waals surface area contributed by atoms with Crippen LogP contribution in [0.1, 0.15) is 27.2 Å². The lowest BCUT2D eigenvalue weighted by atomic mass is 9.75. The van der Waals surface area contributed by atoms with Gasteiger partial charge in [0.25, 0.3) is 0 Å². The van der Waals surface area contributed by atoms with Crippen LogP contribution in [0.25, 0.3) is 0 Å². The minimum atomic E-state index is -0.280. The Hall–Kier alpha value is -0.610. The van der Waals surface area contributed by atoms with Gasteiger partial charge in [0.15, 0.2) is 0 Å². The van der Waals surface area contributed by atoms with Gasteiger partial charge in [0.05, 0.1) is 18.1 Å². The molecular weight excluding hydrogens is 204 g/mol. The zero-order chi connectivity index (χ0) is 12.3. The average Bonchev–Trinajstić information content (AvgIpc) is 2.76. The number of hydrogen-bond acceptors (Lipinski definition) is 3. The van der Waals surface area contributed by atoms with Gasteiger partial charge in [-0.3, -0.25) is 4.79 Å². The van der Waals surface area contributed by atoms with Crippen LogP contribution in [0.4, 0.5) is 0 Å². The number of carbonyl (C=O) groups excluding carboxylic acids is 1. The lowest BCUT2D eigenvalue weighted by Gasteiger charge is -2.37. The third-order valence-corrected chi connectivity index (χ3v) is 3.97. The predicted octanol–water partition coefficient (Wildman–Crippen LogP) is 0.461. The number of hydrogen-bond donors (Lipinski definition) is 2. The summed E-state index contributed by atoms with van der Waals surface area (Å²) >= 11 is 0. The van der Waals surface area contributed by atoms with Gasteiger partial charge in [-0.2, -0.15) is 0 Å². The first-order chi connectivity index (χ1) is 7.45. The van der Waals surface area contributed by atoms with Crippen molar-refractivity contribution in [3.05, 3.63) is 0 Å². The van der Waals surface area contributed by atoms with Crippen molar-refractivity contribution in [2.45, 2.75) is 33.2 Å². The van der Waals surface area contributed by atoms with Gasteiger partial charge < -0.3 is 15.3 Å². The van der Waals surface area contributed by atoms with Gasteiger partial charge in [0.1, 0.15) is 0 Å². The van der Waals surface area contributed by atoms with Gasteiger partial charge in [0.2, 0.25) is 5.91 Å². The third-order valence-electron chi connectivity index (χ3n) is 3.97. The van der Waals surface area contributed by atoms with E-state index in [-0.39, 0.29) is 24.0 Å². The number of nitrogens with zero attached hydrogens (tertiary/aromatic N) is 1. The molecule has 0 saturated carbocycles. The van der Waals surface area contributed by atoms with Crippen LogP contribution in [-0.2, 0) is 4.79 Å². The number of amides is 1. The Kier molecular flexibility index (Phi) is 4.33. The lowest BCUT2D eigenvalue weighted by molar-refractivity contribution is -0.145. The molecule has 0 aromatic heterocycles. The molecule has 0 bridgehead atoms. The normalized spacial score (nSPS) is 27.1. The van der Waals surface area contributed by atoms with Crippen molar-refractivity contribution in [2.24, 2.45) is 11.3 Å². The average molecular weight is 228 g/mol. The second kappa shape index (κ2) is 5.15. The van der Waals surface area contributed by atoms with E-state index in [1.165, 1.54) is 0 Å². The maximum absolute atomic E-state index is 12.5. The van der Waals surface area contributed by atoms with Crippen LogP contribution in [-0.4, -0.2) is 48.7 Å². The van der Waals surface area contributed by atoms with Gasteiger partial charge >= 0.3 is 0 Å². The summed E-state index contributed by atoms with van der Waals surface area (Å²) in [6.07, 6.45) is 0.895. The number of likely N-dealkylation sites (N-methyl/N-ethyl adjacent to an activating group) is 1. The van der Waals surface area contributed by atoms with Crippen molar-refractivity contribution in [3.63, 3.8) is 0 Å². The first kappa shape index (κ1) is 13.5. The molecular formula is C12H24N2O2. The quantitative estimate of drug-likeness (QED) is 0.735. The molecule has 1 aliphatic rings. The zero-order valence-corrected chi connectivity index (χ0v) is 10.8. The number of aliphatic hydroxyl groups excluding tert-OH is 1. The molecule has 0 aromatic carbocycles. The molecule has 94 valence electrons. The highest BCUT2D eigenvalue weighted by atomic mass is 16.3. The zero-order valence-electron chi connectivity index (χ0n) is 10.8. The van der Waals surface area contributed by atoms with Crippen LogP contribution in [0, 0.1) is 11.3 Å². The van der Waals surface area contributed by atoms with Crippen molar-refractivity contribution in [1.82, 2.24) is 10.2 Å². The van der Waals surface area contributed by atoms with Crippen LogP contribution in [0.3, 0.4) is 0 Å². The summed E-state index contributed by atoms with van der Waals surface area (Å²) in [7, 11) is 1.78. The minimum absolute atomic E-state index is 0.0177. The molecule has 0 aliphatic carbocycles. The van der Waals surface area contributed by atoms with E-state index in [2.05, 4.69) is 19.2 Å². The maximum Gasteiger partial charge on any atom is 0.230 e. The third kappa shape index (κ3) is 2.23. The maximum atomic E-state index is 12.5. The van der Waals surface area contributed by atoms with Gasteiger partial charge in [-0.15, -0.1) is 0 Å². The Morgan fingerprint density at radius 2 is 2.12 bits per heavy atom. The van der Waals surface area contributed by atoms with Gasteiger partial charge in [0, 0.05) is 13.6 Å². The highest BCUT2D eigenvalue weighted by Crippen LogP contribution is 2.36. The highest BCUT2D eigenvalue weighted by molar-refractivity contribution is 5.83. The molecule has 2 N–H and O–H groups in total. The van der Waals surface area contributed by atoms with Crippen molar-refractivity contribution >= 4 is 5.91 Å². The second-order valence-electron chi connectivity index (χ2n) is 5.19. The minimum Gasteiger partial charge on any atom is -0.394 e. The summed E-state index contributed by atoms with van der Waals surface area (Å²) in [4.78, 5) is 14.2. The van der Waals surface area contributed by atoms with E-state index >= 15 is 0 Å². The fraction of sp³-hybridized carbons (Fsp3) is 0.917. The Morgan fingerprint density at radius 3 is 2.50 bits per heavy atom. The molecule has 1 aliphatic heterocycles. The fourth-order valence-corrected chi connectivity index (χ4v) is 2.31. The number of carbonyl (C=O) groups is 1. The van der Waals surface area contributed by atoms with Crippen LogP contribution in [0.2, 0.25) is 0 Å². The molecule has 1 heterocycles. The summed E-state index contributed by atoms with van der Waals surface area (Å²) in [6.45, 7) is 7.75. The van der Waals surface area contributed by atoms with E-state index < -0.39 is 0 Å². The largest absolute Gasteiger partial charge is 0.394 e. The molecule has 0 radical (unpaired) electrons. The Labute approximate surface area is 98.0 Å². The summed E-state index contributed by atoms with van der Waals surface area (Å²) in [6, 6.07) is -0.108. The first-order valence-electron chi connectivity index (χ1n) is 6.04. The van der Waals surface area contributed by atoms with E-state index in [0.29, 0.717) is 5.92 Å². The molecule has 0 aromatic rings. The van der Waals surface area contributed by atoms with E-state index in [9.17, 15) is 4.79 Å². The summed E-state index contributed by atoms with van der Waals surface area (Å²) in [5.74, 6) is 0.484. The van der Waals surface area contributed by atoms with Gasteiger partial charge in [-0.1, -0.05) is 13.8 Å². The molecule has 1 saturated heterocycles. The van der Waals surface area contributed by atoms with E-state index in [1.54, 1.807) is 11.9 Å². The van der Waals surface area contributed by atoms with E-state index in [4.69, 9.17) is 5.11 Å². The smallest absolute Gasteiger partial charge is 0.230 e. The molecule has 2 atom stereocenters. The molecule has 2 unspecified atom stereocenters. The predicted molar refractivity (Wildman–Crippen MR) is 64.1 cm³/mol. The topological polar surface area (TPSA) is 52.6 Å². The molecule has 1 amide bonds. The van der Waals surface area contributed by atoms with Crippen LogP contribution >= 0.6 is 0 Å². The monoisotopic (exact) mass is 228 g/mol. The summed E-state index contributed by atoms with van der Waals surface area (Å²) in [5, 5.41) is 12.4. The van der Waals surface area contributed by atoms with Crippen molar-refractivity contribution in [3.8, 4) is 0 Å². The lowest BCUT2D eigenvalue weighted by Crippen LogP contribution is -2.50. The number of aliphatic hydroxyl groups is 1. The Morgan fingerprint density at radius 1 is 1.50 bits per heavy atom. The van der Waals surface area contributed by atoms with E-state index in [0.717, 1.165) is 19.5 Å². The second-order valence-corrected chi connectivity index (χ2v) is 5.19. The number of nitrogens with one attached hydrogen (secondary N) is 1. The molecule has 4 nitrogen and oxygen atoms in total. The standard InChI is InChI=1S/C12H24N2O2/c1-9(2)12(5-6-13-8-12)11(16)14(4)10(3)7-15/h9-10,13,15H,5-8H2,1-4H3. The summed E-state index contributed by atoms with van der Waals surface area (Å²) < 4.78 is 0. The molecule has 1 rings (SSSR count). The van der Waals surface area contributed by atoms with Crippen LogP contribution < -0.4 is 5.32 Å². The Bertz CT molecular complexity index is 247. The van der Waals surface area contributed by atoms with Gasteiger partial charge in [-0.25, -0.2) is 0 Å². The van der Waals surface area contributed by atoms with Crippen LogP contribution in [0.5, 0.6) is 0 Å². The molecule has 0 spiro atoms. The van der Waals surface area contributed by atoms with Crippen molar-refractivity contribution in [1.29, 1.82) is 0 Å². The molecule has 16 heavy (non-hydrogen) atoms. The van der Waals surface area contributed by atoms with Crippen LogP contribution in [0.15, 0.2) is 0 Å². The first-order valence-corrected chi connectivity index (χ1v) is 6.04. The Balaban J connectivity index is 2.84. The molecule has 1 fully saturated rings. The SMILES string of the molecule is CC(CO)N(C)C(=O)C1(C(C)C)CCNC1. The fourth-order valence-electron chi connectivity index (χ4n) is 2.31.